The first-order valence-corrected chi connectivity index (χ1v) is 12.2. The topological polar surface area (TPSA) is 71.0 Å². The van der Waals surface area contributed by atoms with Crippen LogP contribution >= 0.6 is 0 Å². The molecule has 4 rings (SSSR count). The summed E-state index contributed by atoms with van der Waals surface area (Å²) in [5.41, 5.74) is 3.74. The zero-order valence-electron chi connectivity index (χ0n) is 19.8. The predicted molar refractivity (Wildman–Crippen MR) is 128 cm³/mol. The Labute approximate surface area is 196 Å². The minimum atomic E-state index is -0.0911. The number of piperidine rings is 1. The lowest BCUT2D eigenvalue weighted by molar-refractivity contribution is -0.123. The summed E-state index contributed by atoms with van der Waals surface area (Å²) in [6, 6.07) is 16.6. The van der Waals surface area contributed by atoms with E-state index in [0.29, 0.717) is 19.6 Å². The molecule has 178 valence electrons. The number of hydrogen-bond acceptors (Lipinski definition) is 5. The van der Waals surface area contributed by atoms with E-state index in [2.05, 4.69) is 46.6 Å². The van der Waals surface area contributed by atoms with E-state index in [-0.39, 0.29) is 30.1 Å². The van der Waals surface area contributed by atoms with Crippen LogP contribution in [-0.4, -0.2) is 54.9 Å². The number of fused-ring (bicyclic) bond motifs is 2. The average molecular weight is 453 g/mol. The molecule has 0 radical (unpaired) electrons. The molecule has 0 saturated carbocycles. The standard InChI is InChI=1S/C27H36N2O4/c1-3-24(31)28-25-22-7-5-6-8-23(22)27(26(25)32-4-2)13-15-29(16-14-27)19-20-9-11-21(12-10-20)33-18-17-30/h5-12,25-26,30H,3-4,13-19H2,1-2H3,(H,28,31)/t25-,26+/m0/s1. The highest BCUT2D eigenvalue weighted by atomic mass is 16.5. The molecule has 1 aliphatic carbocycles. The maximum atomic E-state index is 12.3. The summed E-state index contributed by atoms with van der Waals surface area (Å²) in [7, 11) is 0. The maximum absolute atomic E-state index is 12.3. The number of nitrogens with zero attached hydrogens (tertiary/aromatic N) is 1. The van der Waals surface area contributed by atoms with Gasteiger partial charge in [0.05, 0.1) is 18.8 Å². The summed E-state index contributed by atoms with van der Waals surface area (Å²) >= 11 is 0. The van der Waals surface area contributed by atoms with Gasteiger partial charge in [0.15, 0.2) is 0 Å². The Bertz CT molecular complexity index is 922. The SMILES string of the molecule is CCO[C@@H]1[C@@H](NC(=O)CC)c2ccccc2C12CCN(Cc1ccc(OCCO)cc1)CC2. The second-order valence-electron chi connectivity index (χ2n) is 9.01. The van der Waals surface area contributed by atoms with Crippen LogP contribution in [0.4, 0.5) is 0 Å². The van der Waals surface area contributed by atoms with Gasteiger partial charge in [-0.05, 0) is 61.7 Å². The summed E-state index contributed by atoms with van der Waals surface area (Å²) in [4.78, 5) is 14.8. The minimum absolute atomic E-state index is 0.0200. The predicted octanol–water partition coefficient (Wildman–Crippen LogP) is 3.58. The number of carbonyl (C=O) groups excluding carboxylic acids is 1. The molecule has 1 amide bonds. The molecule has 6 heteroatoms. The monoisotopic (exact) mass is 452 g/mol. The molecular weight excluding hydrogens is 416 g/mol. The van der Waals surface area contributed by atoms with Crippen LogP contribution in [0.15, 0.2) is 48.5 Å². The maximum Gasteiger partial charge on any atom is 0.220 e. The van der Waals surface area contributed by atoms with E-state index in [1.165, 1.54) is 16.7 Å². The summed E-state index contributed by atoms with van der Waals surface area (Å²) < 4.78 is 11.8. The van der Waals surface area contributed by atoms with Crippen molar-refractivity contribution in [3.63, 3.8) is 0 Å². The van der Waals surface area contributed by atoms with Crippen molar-refractivity contribution in [3.8, 4) is 5.75 Å². The van der Waals surface area contributed by atoms with Gasteiger partial charge in [0.1, 0.15) is 12.4 Å². The Balaban J connectivity index is 1.49. The number of likely N-dealkylation sites (tertiary alicyclic amines) is 1. The smallest absolute Gasteiger partial charge is 0.220 e. The van der Waals surface area contributed by atoms with E-state index in [4.69, 9.17) is 14.6 Å². The number of hydrogen-bond donors (Lipinski definition) is 2. The number of benzene rings is 2. The highest BCUT2D eigenvalue weighted by Crippen LogP contribution is 2.52. The fourth-order valence-corrected chi connectivity index (χ4v) is 5.50. The fourth-order valence-electron chi connectivity index (χ4n) is 5.50. The van der Waals surface area contributed by atoms with Crippen LogP contribution < -0.4 is 10.1 Å². The van der Waals surface area contributed by atoms with E-state index >= 15 is 0 Å². The third kappa shape index (κ3) is 4.93. The lowest BCUT2D eigenvalue weighted by Gasteiger charge is -2.44. The van der Waals surface area contributed by atoms with Crippen molar-refractivity contribution in [1.29, 1.82) is 0 Å². The van der Waals surface area contributed by atoms with Gasteiger partial charge in [-0.25, -0.2) is 0 Å². The second kappa shape index (κ2) is 10.7. The Morgan fingerprint density at radius 1 is 1.12 bits per heavy atom. The van der Waals surface area contributed by atoms with Gasteiger partial charge in [-0.1, -0.05) is 43.3 Å². The highest BCUT2D eigenvalue weighted by molar-refractivity contribution is 5.76. The lowest BCUT2D eigenvalue weighted by atomic mass is 9.71. The summed E-state index contributed by atoms with van der Waals surface area (Å²) in [5, 5.41) is 12.2. The molecule has 0 unspecified atom stereocenters. The van der Waals surface area contributed by atoms with Crippen molar-refractivity contribution >= 4 is 5.91 Å². The van der Waals surface area contributed by atoms with E-state index < -0.39 is 0 Å². The van der Waals surface area contributed by atoms with E-state index in [9.17, 15) is 4.79 Å². The molecule has 0 bridgehead atoms. The van der Waals surface area contributed by atoms with Gasteiger partial charge in [0.2, 0.25) is 5.91 Å². The minimum Gasteiger partial charge on any atom is -0.491 e. The Hall–Kier alpha value is -2.41. The van der Waals surface area contributed by atoms with Gasteiger partial charge in [-0.3, -0.25) is 9.69 Å². The number of aliphatic hydroxyl groups is 1. The van der Waals surface area contributed by atoms with Crippen LogP contribution in [0.3, 0.4) is 0 Å². The summed E-state index contributed by atoms with van der Waals surface area (Å²) in [6.45, 7) is 7.76. The molecule has 1 spiro atoms. The molecule has 1 heterocycles. The fraction of sp³-hybridized carbons (Fsp3) is 0.519. The highest BCUT2D eigenvalue weighted by Gasteiger charge is 2.54. The zero-order valence-corrected chi connectivity index (χ0v) is 19.8. The normalized spacial score (nSPS) is 21.7. The van der Waals surface area contributed by atoms with Crippen LogP contribution in [0.5, 0.6) is 5.75 Å². The van der Waals surface area contributed by atoms with Crippen LogP contribution in [0.25, 0.3) is 0 Å². The number of rotatable bonds is 9. The first kappa shape index (κ1) is 23.7. The number of amides is 1. The molecule has 2 aromatic rings. The largest absolute Gasteiger partial charge is 0.491 e. The first-order chi connectivity index (χ1) is 16.1. The van der Waals surface area contributed by atoms with Gasteiger partial charge in [-0.2, -0.15) is 0 Å². The van der Waals surface area contributed by atoms with Crippen molar-refractivity contribution in [2.75, 3.05) is 32.9 Å². The third-order valence-electron chi connectivity index (χ3n) is 7.10. The molecular formula is C27H36N2O4. The molecule has 1 saturated heterocycles. The third-order valence-corrected chi connectivity index (χ3v) is 7.10. The molecule has 2 atom stereocenters. The molecule has 6 nitrogen and oxygen atoms in total. The van der Waals surface area contributed by atoms with Crippen molar-refractivity contribution in [1.82, 2.24) is 10.2 Å². The Kier molecular flexibility index (Phi) is 7.68. The van der Waals surface area contributed by atoms with Crippen molar-refractivity contribution < 1.29 is 19.4 Å². The molecule has 33 heavy (non-hydrogen) atoms. The van der Waals surface area contributed by atoms with Gasteiger partial charge < -0.3 is 19.9 Å². The van der Waals surface area contributed by atoms with Gasteiger partial charge in [-0.15, -0.1) is 0 Å². The van der Waals surface area contributed by atoms with Crippen molar-refractivity contribution in [2.24, 2.45) is 0 Å². The van der Waals surface area contributed by atoms with Crippen LogP contribution in [0.2, 0.25) is 0 Å². The number of aliphatic hydroxyl groups excluding tert-OH is 1. The second-order valence-corrected chi connectivity index (χ2v) is 9.01. The van der Waals surface area contributed by atoms with Crippen LogP contribution in [0.1, 0.15) is 55.8 Å². The molecule has 0 aromatic heterocycles. The van der Waals surface area contributed by atoms with Crippen LogP contribution in [-0.2, 0) is 21.5 Å². The molecule has 2 aromatic carbocycles. The number of carbonyl (C=O) groups is 1. The summed E-state index contributed by atoms with van der Waals surface area (Å²) in [6.07, 6.45) is 2.44. The van der Waals surface area contributed by atoms with E-state index in [1.54, 1.807) is 0 Å². The lowest BCUT2D eigenvalue weighted by Crippen LogP contribution is -2.50. The van der Waals surface area contributed by atoms with Gasteiger partial charge in [0.25, 0.3) is 0 Å². The van der Waals surface area contributed by atoms with E-state index in [1.807, 2.05) is 26.0 Å². The quantitative estimate of drug-likeness (QED) is 0.609. The molecule has 2 aliphatic rings. The first-order valence-electron chi connectivity index (χ1n) is 12.2. The number of ether oxygens (including phenoxy) is 2. The van der Waals surface area contributed by atoms with Gasteiger partial charge >= 0.3 is 0 Å². The Morgan fingerprint density at radius 3 is 2.52 bits per heavy atom. The van der Waals surface area contributed by atoms with Crippen molar-refractivity contribution in [2.45, 2.75) is 57.2 Å². The van der Waals surface area contributed by atoms with E-state index in [0.717, 1.165) is 38.2 Å². The molecule has 1 aliphatic heterocycles. The van der Waals surface area contributed by atoms with Crippen molar-refractivity contribution in [3.05, 3.63) is 65.2 Å². The molecule has 2 N–H and O–H groups in total. The average Bonchev–Trinajstić information content (AvgIpc) is 3.09. The van der Waals surface area contributed by atoms with Crippen LogP contribution in [0, 0.1) is 0 Å². The molecule has 1 fully saturated rings. The summed E-state index contributed by atoms with van der Waals surface area (Å²) in [5.74, 6) is 0.855. The number of nitrogens with one attached hydrogen (secondary N) is 1. The Morgan fingerprint density at radius 2 is 1.85 bits per heavy atom. The zero-order chi connectivity index (χ0) is 23.3. The van der Waals surface area contributed by atoms with Gasteiger partial charge in [0, 0.05) is 25.0 Å².